The number of thioether (sulfide) groups is 1. The minimum atomic E-state index is -0.798. The zero-order valence-electron chi connectivity index (χ0n) is 10.0. The van der Waals surface area contributed by atoms with Crippen molar-refractivity contribution < 1.29 is 8.78 Å². The van der Waals surface area contributed by atoms with E-state index < -0.39 is 11.6 Å². The Hall–Kier alpha value is -1.08. The molecule has 1 aliphatic rings. The summed E-state index contributed by atoms with van der Waals surface area (Å²) >= 11 is 1.75. The molecule has 1 fully saturated rings. The number of nitrogen functional groups attached to an aromatic ring is 1. The van der Waals surface area contributed by atoms with Gasteiger partial charge in [-0.15, -0.1) is 0 Å². The number of hydrazine groups is 1. The minimum absolute atomic E-state index is 0.0512. The van der Waals surface area contributed by atoms with Crippen molar-refractivity contribution in [3.05, 3.63) is 17.7 Å². The number of halogens is 2. The van der Waals surface area contributed by atoms with Gasteiger partial charge in [0.25, 0.3) is 0 Å². The maximum atomic E-state index is 13.6. The number of aromatic nitrogens is 1. The van der Waals surface area contributed by atoms with Crippen LogP contribution in [0.4, 0.5) is 20.4 Å². The molecule has 1 heterocycles. The van der Waals surface area contributed by atoms with Gasteiger partial charge in [0, 0.05) is 17.4 Å². The van der Waals surface area contributed by atoms with E-state index in [0.29, 0.717) is 5.25 Å². The van der Waals surface area contributed by atoms with Gasteiger partial charge in [0.2, 0.25) is 0 Å². The van der Waals surface area contributed by atoms with E-state index in [4.69, 9.17) is 5.84 Å². The van der Waals surface area contributed by atoms with Gasteiger partial charge < -0.3 is 10.7 Å². The van der Waals surface area contributed by atoms with Crippen molar-refractivity contribution in [3.8, 4) is 0 Å². The molecule has 0 aliphatic heterocycles. The van der Waals surface area contributed by atoms with E-state index >= 15 is 0 Å². The standard InChI is InChI=1S/C11H16F2N4S/c1-18-9-4-2-3-8(9)15-10-6(12)5-7(13)11(16-10)17-14/h5,8-9H,2-4,14H2,1H3,(H2,15,16,17). The van der Waals surface area contributed by atoms with Gasteiger partial charge in [0.15, 0.2) is 23.3 Å². The molecule has 1 aromatic heterocycles. The maximum Gasteiger partial charge on any atom is 0.178 e. The lowest BCUT2D eigenvalue weighted by atomic mass is 10.2. The molecule has 1 aromatic rings. The van der Waals surface area contributed by atoms with Crippen molar-refractivity contribution in [2.45, 2.75) is 30.6 Å². The highest BCUT2D eigenvalue weighted by Gasteiger charge is 2.27. The summed E-state index contributed by atoms with van der Waals surface area (Å²) in [4.78, 5) is 3.82. The van der Waals surface area contributed by atoms with E-state index in [0.717, 1.165) is 25.3 Å². The Morgan fingerprint density at radius 2 is 2.06 bits per heavy atom. The Labute approximate surface area is 109 Å². The van der Waals surface area contributed by atoms with Crippen molar-refractivity contribution in [2.75, 3.05) is 17.0 Å². The SMILES string of the molecule is CSC1CCCC1Nc1nc(NN)c(F)cc1F. The van der Waals surface area contributed by atoms with Crippen LogP contribution in [0.15, 0.2) is 6.07 Å². The monoisotopic (exact) mass is 274 g/mol. The Morgan fingerprint density at radius 1 is 1.33 bits per heavy atom. The van der Waals surface area contributed by atoms with E-state index in [1.807, 2.05) is 6.26 Å². The molecule has 0 spiro atoms. The summed E-state index contributed by atoms with van der Waals surface area (Å²) < 4.78 is 26.8. The molecule has 7 heteroatoms. The molecule has 0 radical (unpaired) electrons. The molecule has 18 heavy (non-hydrogen) atoms. The first kappa shape index (κ1) is 13.4. The largest absolute Gasteiger partial charge is 0.364 e. The Balaban J connectivity index is 2.18. The van der Waals surface area contributed by atoms with Gasteiger partial charge in [-0.3, -0.25) is 0 Å². The highest BCUT2D eigenvalue weighted by molar-refractivity contribution is 7.99. The van der Waals surface area contributed by atoms with Gasteiger partial charge in [-0.1, -0.05) is 6.42 Å². The van der Waals surface area contributed by atoms with Crippen molar-refractivity contribution in [1.82, 2.24) is 4.98 Å². The minimum Gasteiger partial charge on any atom is -0.364 e. The average molecular weight is 274 g/mol. The lowest BCUT2D eigenvalue weighted by Crippen LogP contribution is -2.27. The van der Waals surface area contributed by atoms with Crippen molar-refractivity contribution in [3.63, 3.8) is 0 Å². The number of nitrogens with zero attached hydrogens (tertiary/aromatic N) is 1. The fourth-order valence-corrected chi connectivity index (χ4v) is 3.15. The van der Waals surface area contributed by atoms with E-state index in [9.17, 15) is 8.78 Å². The second kappa shape index (κ2) is 5.71. The molecule has 0 aromatic carbocycles. The van der Waals surface area contributed by atoms with Gasteiger partial charge in [-0.25, -0.2) is 19.6 Å². The van der Waals surface area contributed by atoms with Crippen LogP contribution in [0.3, 0.4) is 0 Å². The molecule has 1 saturated carbocycles. The van der Waals surface area contributed by atoms with Crippen LogP contribution in [0.1, 0.15) is 19.3 Å². The summed E-state index contributed by atoms with van der Waals surface area (Å²) in [7, 11) is 0. The normalized spacial score (nSPS) is 23.1. The average Bonchev–Trinajstić information content (AvgIpc) is 2.79. The van der Waals surface area contributed by atoms with Gasteiger partial charge in [-0.2, -0.15) is 11.8 Å². The molecule has 100 valence electrons. The van der Waals surface area contributed by atoms with E-state index in [-0.39, 0.29) is 17.7 Å². The van der Waals surface area contributed by atoms with Crippen LogP contribution in [-0.2, 0) is 0 Å². The first-order valence-electron chi connectivity index (χ1n) is 5.77. The summed E-state index contributed by atoms with van der Waals surface area (Å²) in [6.07, 6.45) is 5.21. The van der Waals surface area contributed by atoms with E-state index in [1.165, 1.54) is 0 Å². The number of pyridine rings is 1. The summed E-state index contributed by atoms with van der Waals surface area (Å²) in [5, 5.41) is 3.48. The fourth-order valence-electron chi connectivity index (χ4n) is 2.22. The lowest BCUT2D eigenvalue weighted by molar-refractivity contribution is 0.575. The molecule has 1 aliphatic carbocycles. The molecule has 0 amide bonds. The molecule has 2 unspecified atom stereocenters. The second-order valence-electron chi connectivity index (χ2n) is 4.25. The molecular formula is C11H16F2N4S. The van der Waals surface area contributed by atoms with Crippen LogP contribution in [0, 0.1) is 11.6 Å². The highest BCUT2D eigenvalue weighted by Crippen LogP contribution is 2.31. The van der Waals surface area contributed by atoms with Crippen LogP contribution in [0.25, 0.3) is 0 Å². The summed E-state index contributed by atoms with van der Waals surface area (Å²) in [6.45, 7) is 0. The number of anilines is 2. The molecule has 2 atom stereocenters. The third-order valence-corrected chi connectivity index (χ3v) is 4.31. The molecule has 0 bridgehead atoms. The highest BCUT2D eigenvalue weighted by atomic mass is 32.2. The van der Waals surface area contributed by atoms with Crippen LogP contribution in [0.2, 0.25) is 0 Å². The quantitative estimate of drug-likeness (QED) is 0.581. The number of rotatable bonds is 4. The predicted octanol–water partition coefficient (Wildman–Crippen LogP) is 2.34. The van der Waals surface area contributed by atoms with Crippen molar-refractivity contribution >= 4 is 23.4 Å². The van der Waals surface area contributed by atoms with Gasteiger partial charge in [0.05, 0.1) is 0 Å². The topological polar surface area (TPSA) is 63.0 Å². The molecule has 0 saturated heterocycles. The van der Waals surface area contributed by atoms with Crippen molar-refractivity contribution in [1.29, 1.82) is 0 Å². The van der Waals surface area contributed by atoms with Gasteiger partial charge in [0.1, 0.15) is 0 Å². The second-order valence-corrected chi connectivity index (χ2v) is 5.33. The zero-order valence-corrected chi connectivity index (χ0v) is 10.9. The number of nitrogens with one attached hydrogen (secondary N) is 2. The molecular weight excluding hydrogens is 258 g/mol. The summed E-state index contributed by atoms with van der Waals surface area (Å²) in [5.74, 6) is 3.53. The third kappa shape index (κ3) is 2.67. The maximum absolute atomic E-state index is 13.6. The number of nitrogens with two attached hydrogens (primary N) is 1. The summed E-state index contributed by atoms with van der Waals surface area (Å²) in [5.41, 5.74) is 2.11. The summed E-state index contributed by atoms with van der Waals surface area (Å²) in [6, 6.07) is 0.950. The molecule has 4 nitrogen and oxygen atoms in total. The van der Waals surface area contributed by atoms with E-state index in [2.05, 4.69) is 15.7 Å². The molecule has 4 N–H and O–H groups in total. The number of hydrogen-bond acceptors (Lipinski definition) is 5. The lowest BCUT2D eigenvalue weighted by Gasteiger charge is -2.20. The smallest absolute Gasteiger partial charge is 0.178 e. The van der Waals surface area contributed by atoms with Crippen molar-refractivity contribution in [2.24, 2.45) is 5.84 Å². The van der Waals surface area contributed by atoms with Crippen LogP contribution in [-0.4, -0.2) is 22.5 Å². The van der Waals surface area contributed by atoms with Crippen LogP contribution in [0.5, 0.6) is 0 Å². The van der Waals surface area contributed by atoms with Crippen LogP contribution < -0.4 is 16.6 Å². The van der Waals surface area contributed by atoms with Gasteiger partial charge >= 0.3 is 0 Å². The Morgan fingerprint density at radius 3 is 2.72 bits per heavy atom. The molecule has 2 rings (SSSR count). The number of hydrogen-bond donors (Lipinski definition) is 3. The predicted molar refractivity (Wildman–Crippen MR) is 70.5 cm³/mol. The van der Waals surface area contributed by atoms with Gasteiger partial charge in [-0.05, 0) is 19.1 Å². The first-order valence-corrected chi connectivity index (χ1v) is 7.06. The third-order valence-electron chi connectivity index (χ3n) is 3.14. The van der Waals surface area contributed by atoms with Crippen LogP contribution >= 0.6 is 11.8 Å². The van der Waals surface area contributed by atoms with E-state index in [1.54, 1.807) is 11.8 Å². The zero-order chi connectivity index (χ0) is 13.1. The fraction of sp³-hybridized carbons (Fsp3) is 0.545. The Kier molecular flexibility index (Phi) is 4.23. The first-order chi connectivity index (χ1) is 8.65. The Bertz CT molecular complexity index is 430.